The summed E-state index contributed by atoms with van der Waals surface area (Å²) < 4.78 is 27.0. The van der Waals surface area contributed by atoms with E-state index in [1.165, 1.54) is 27.1 Å². The van der Waals surface area contributed by atoms with Crippen LogP contribution in [0.4, 0.5) is 5.13 Å². The van der Waals surface area contributed by atoms with Crippen LogP contribution < -0.4 is 5.32 Å². The zero-order valence-electron chi connectivity index (χ0n) is 13.9. The summed E-state index contributed by atoms with van der Waals surface area (Å²) in [4.78, 5) is 12.9. The topological polar surface area (TPSA) is 92.3 Å². The van der Waals surface area contributed by atoms with Crippen molar-refractivity contribution in [2.45, 2.75) is 43.9 Å². The Bertz CT molecular complexity index is 836. The molecule has 2 aromatic heterocycles. The van der Waals surface area contributed by atoms with Crippen molar-refractivity contribution in [3.05, 3.63) is 21.3 Å². The van der Waals surface area contributed by atoms with Gasteiger partial charge in [-0.1, -0.05) is 31.1 Å². The number of carbonyl (C=O) groups excluding carboxylic acids is 1. The van der Waals surface area contributed by atoms with Crippen LogP contribution >= 0.6 is 22.7 Å². The molecule has 0 bridgehead atoms. The second kappa shape index (κ2) is 7.90. The summed E-state index contributed by atoms with van der Waals surface area (Å²) in [6.45, 7) is 3.06. The Balaban J connectivity index is 1.73. The van der Waals surface area contributed by atoms with Crippen LogP contribution in [0.15, 0.2) is 16.3 Å². The van der Waals surface area contributed by atoms with Crippen molar-refractivity contribution >= 4 is 43.7 Å². The van der Waals surface area contributed by atoms with Gasteiger partial charge < -0.3 is 0 Å². The molecule has 2 aromatic rings. The van der Waals surface area contributed by atoms with Crippen molar-refractivity contribution in [1.82, 2.24) is 14.5 Å². The van der Waals surface area contributed by atoms with Crippen LogP contribution in [0.5, 0.6) is 0 Å². The van der Waals surface area contributed by atoms with Gasteiger partial charge in [0.25, 0.3) is 5.91 Å². The molecule has 1 saturated heterocycles. The Morgan fingerprint density at radius 2 is 1.96 bits per heavy atom. The van der Waals surface area contributed by atoms with Crippen molar-refractivity contribution < 1.29 is 13.2 Å². The van der Waals surface area contributed by atoms with E-state index < -0.39 is 10.0 Å². The lowest BCUT2D eigenvalue weighted by molar-refractivity contribution is 0.103. The van der Waals surface area contributed by atoms with Crippen molar-refractivity contribution in [1.29, 1.82) is 0 Å². The fraction of sp³-hybridized carbons (Fsp3) is 0.533. The maximum atomic E-state index is 12.8. The maximum absolute atomic E-state index is 12.8. The molecule has 25 heavy (non-hydrogen) atoms. The van der Waals surface area contributed by atoms with Gasteiger partial charge in [-0.25, -0.2) is 8.42 Å². The van der Waals surface area contributed by atoms with E-state index in [9.17, 15) is 13.2 Å². The summed E-state index contributed by atoms with van der Waals surface area (Å²) in [6.07, 6.45) is 4.64. The molecule has 7 nitrogen and oxygen atoms in total. The molecule has 1 aliphatic heterocycles. The number of hydrogen-bond acceptors (Lipinski definition) is 7. The number of aromatic nitrogens is 2. The van der Waals surface area contributed by atoms with E-state index in [0.717, 1.165) is 48.4 Å². The second-order valence-corrected chi connectivity index (χ2v) is 9.68. The van der Waals surface area contributed by atoms with E-state index in [-0.39, 0.29) is 10.8 Å². The van der Waals surface area contributed by atoms with E-state index >= 15 is 0 Å². The zero-order valence-corrected chi connectivity index (χ0v) is 16.3. The normalized spacial score (nSPS) is 16.5. The lowest BCUT2D eigenvalue weighted by Gasteiger charge is -2.18. The summed E-state index contributed by atoms with van der Waals surface area (Å²) >= 11 is 2.44. The molecule has 0 unspecified atom stereocenters. The fourth-order valence-corrected chi connectivity index (χ4v) is 5.96. The molecule has 0 radical (unpaired) electrons. The summed E-state index contributed by atoms with van der Waals surface area (Å²) in [5, 5.41) is 13.3. The van der Waals surface area contributed by atoms with Crippen molar-refractivity contribution in [2.75, 3.05) is 18.4 Å². The van der Waals surface area contributed by atoms with Crippen molar-refractivity contribution in [2.24, 2.45) is 0 Å². The van der Waals surface area contributed by atoms with E-state index in [4.69, 9.17) is 0 Å². The van der Waals surface area contributed by atoms with Gasteiger partial charge >= 0.3 is 0 Å². The highest BCUT2D eigenvalue weighted by Crippen LogP contribution is 2.26. The van der Waals surface area contributed by atoms with Gasteiger partial charge in [0.1, 0.15) is 5.01 Å². The average molecular weight is 401 g/mol. The second-order valence-electron chi connectivity index (χ2n) is 5.77. The van der Waals surface area contributed by atoms with Crippen LogP contribution in [0.2, 0.25) is 0 Å². The molecule has 0 saturated carbocycles. The minimum absolute atomic E-state index is 0.191. The Labute approximate surface area is 155 Å². The first-order chi connectivity index (χ1) is 12.0. The molecule has 0 aliphatic carbocycles. The smallest absolute Gasteiger partial charge is 0.267 e. The van der Waals surface area contributed by atoms with Gasteiger partial charge in [0.2, 0.25) is 15.2 Å². The van der Waals surface area contributed by atoms with Crippen LogP contribution in [-0.2, 0) is 16.4 Å². The number of carbonyl (C=O) groups is 1. The first-order valence-corrected chi connectivity index (χ1v) is 11.4. The largest absolute Gasteiger partial charge is 0.296 e. The molecule has 0 spiro atoms. The highest BCUT2D eigenvalue weighted by Gasteiger charge is 2.27. The molecule has 10 heteroatoms. The lowest BCUT2D eigenvalue weighted by Crippen LogP contribution is -2.31. The number of anilines is 1. The van der Waals surface area contributed by atoms with Crippen LogP contribution in [0.3, 0.4) is 0 Å². The Kier molecular flexibility index (Phi) is 5.82. The first-order valence-electron chi connectivity index (χ1n) is 8.23. The summed E-state index contributed by atoms with van der Waals surface area (Å²) in [5.41, 5.74) is 0. The van der Waals surface area contributed by atoms with E-state index in [0.29, 0.717) is 23.1 Å². The van der Waals surface area contributed by atoms with Gasteiger partial charge in [-0.2, -0.15) is 4.31 Å². The van der Waals surface area contributed by atoms with Gasteiger partial charge in [0.05, 0.1) is 9.77 Å². The third-order valence-corrected chi connectivity index (χ3v) is 7.93. The number of sulfonamides is 1. The number of nitrogens with one attached hydrogen (secondary N) is 1. The monoisotopic (exact) mass is 400 g/mol. The summed E-state index contributed by atoms with van der Waals surface area (Å²) in [6, 6.07) is 1.45. The maximum Gasteiger partial charge on any atom is 0.267 e. The number of thiophene rings is 1. The minimum atomic E-state index is -3.53. The van der Waals surface area contributed by atoms with Crippen LogP contribution in [0, 0.1) is 0 Å². The summed E-state index contributed by atoms with van der Waals surface area (Å²) in [5.74, 6) is -0.360. The molecule has 1 fully saturated rings. The van der Waals surface area contributed by atoms with E-state index in [1.54, 1.807) is 0 Å². The molecule has 3 heterocycles. The average Bonchev–Trinajstić information content (AvgIpc) is 3.18. The van der Waals surface area contributed by atoms with Gasteiger partial charge in [0.15, 0.2) is 0 Å². The zero-order chi connectivity index (χ0) is 17.9. The fourth-order valence-electron chi connectivity index (χ4n) is 2.61. The molecule has 136 valence electrons. The van der Waals surface area contributed by atoms with Gasteiger partial charge in [-0.15, -0.1) is 21.5 Å². The molecule has 1 aliphatic rings. The third-order valence-electron chi connectivity index (χ3n) is 3.99. The SMILES string of the molecule is CCc1nnc(NC(=O)c2cc(S(=O)(=O)N3CCCCCC3)cs2)s1. The first kappa shape index (κ1) is 18.4. The number of aryl methyl sites for hydroxylation is 1. The Morgan fingerprint density at radius 3 is 2.60 bits per heavy atom. The van der Waals surface area contributed by atoms with E-state index in [2.05, 4.69) is 15.5 Å². The number of nitrogens with zero attached hydrogens (tertiary/aromatic N) is 3. The molecule has 1 amide bonds. The summed E-state index contributed by atoms with van der Waals surface area (Å²) in [7, 11) is -3.53. The van der Waals surface area contributed by atoms with Crippen LogP contribution in [0.1, 0.15) is 47.3 Å². The molecule has 0 aromatic carbocycles. The van der Waals surface area contributed by atoms with Crippen LogP contribution in [-0.4, -0.2) is 41.9 Å². The van der Waals surface area contributed by atoms with Gasteiger partial charge in [0, 0.05) is 18.5 Å². The number of hydrogen-bond donors (Lipinski definition) is 1. The molecule has 3 rings (SSSR count). The lowest BCUT2D eigenvalue weighted by atomic mass is 10.2. The van der Waals surface area contributed by atoms with Crippen molar-refractivity contribution in [3.63, 3.8) is 0 Å². The van der Waals surface area contributed by atoms with Gasteiger partial charge in [-0.05, 0) is 25.3 Å². The van der Waals surface area contributed by atoms with Gasteiger partial charge in [-0.3, -0.25) is 10.1 Å². The third kappa shape index (κ3) is 4.25. The molecular weight excluding hydrogens is 380 g/mol. The standard InChI is InChI=1S/C15H20N4O3S3/c1-2-13-17-18-15(24-13)16-14(20)12-9-11(10-23-12)25(21,22)19-7-5-3-4-6-8-19/h9-10H,2-8H2,1H3,(H,16,18,20). The quantitative estimate of drug-likeness (QED) is 0.833. The van der Waals surface area contributed by atoms with Crippen molar-refractivity contribution in [3.8, 4) is 0 Å². The number of rotatable bonds is 5. The predicted octanol–water partition coefficient (Wildman–Crippen LogP) is 2.98. The molecule has 1 N–H and O–H groups in total. The molecule has 0 atom stereocenters. The minimum Gasteiger partial charge on any atom is -0.296 e. The highest BCUT2D eigenvalue weighted by atomic mass is 32.2. The highest BCUT2D eigenvalue weighted by molar-refractivity contribution is 7.89. The van der Waals surface area contributed by atoms with Crippen LogP contribution in [0.25, 0.3) is 0 Å². The van der Waals surface area contributed by atoms with E-state index in [1.807, 2.05) is 6.92 Å². The Hall–Kier alpha value is -1.36. The molecular formula is C15H20N4O3S3. The number of amides is 1. The predicted molar refractivity (Wildman–Crippen MR) is 98.8 cm³/mol. The Morgan fingerprint density at radius 1 is 1.24 bits per heavy atom.